The summed E-state index contributed by atoms with van der Waals surface area (Å²) in [6, 6.07) is 0. The molecule has 28 heavy (non-hydrogen) atoms. The van der Waals surface area contributed by atoms with E-state index in [0.717, 1.165) is 12.8 Å². The summed E-state index contributed by atoms with van der Waals surface area (Å²) >= 11 is 0. The van der Waals surface area contributed by atoms with Crippen LogP contribution >= 0.6 is 0 Å². The van der Waals surface area contributed by atoms with Crippen molar-refractivity contribution in [1.82, 2.24) is 0 Å². The highest BCUT2D eigenvalue weighted by molar-refractivity contribution is 5.66. The Morgan fingerprint density at radius 1 is 1.14 bits per heavy atom. The lowest BCUT2D eigenvalue weighted by atomic mass is 9.89. The number of aliphatic hydroxyl groups excluding tert-OH is 3. The average Bonchev–Trinajstić information content (AvgIpc) is 2.91. The van der Waals surface area contributed by atoms with Gasteiger partial charge in [-0.1, -0.05) is 50.5 Å². The smallest absolute Gasteiger partial charge is 0.303 e. The maximum absolute atomic E-state index is 10.5. The molecule has 4 N–H and O–H groups in total. The van der Waals surface area contributed by atoms with Crippen molar-refractivity contribution in [1.29, 1.82) is 0 Å². The predicted octanol–water partition coefficient (Wildman–Crippen LogP) is 3.06. The highest BCUT2D eigenvalue weighted by atomic mass is 16.5. The molecule has 0 spiro atoms. The third-order valence-electron chi connectivity index (χ3n) is 5.24. The minimum atomic E-state index is -0.795. The van der Waals surface area contributed by atoms with Crippen molar-refractivity contribution >= 4 is 5.97 Å². The van der Waals surface area contributed by atoms with Gasteiger partial charge in [-0.3, -0.25) is 4.79 Å². The number of allylic oxidation sites excluding steroid dienone is 2. The van der Waals surface area contributed by atoms with Crippen molar-refractivity contribution < 1.29 is 30.0 Å². The summed E-state index contributed by atoms with van der Waals surface area (Å²) in [6.45, 7) is 3.04. The van der Waals surface area contributed by atoms with Crippen LogP contribution in [0.25, 0.3) is 0 Å². The number of carbonyl (C=O) groups is 1. The third-order valence-corrected chi connectivity index (χ3v) is 5.24. The maximum Gasteiger partial charge on any atom is 0.303 e. The molecule has 0 amide bonds. The number of hydrogen-bond donors (Lipinski definition) is 4. The number of ether oxygens (including phenoxy) is 1. The molecule has 0 aromatic heterocycles. The van der Waals surface area contributed by atoms with Crippen molar-refractivity contribution in [2.45, 2.75) is 83.0 Å². The molecule has 1 aliphatic carbocycles. The van der Waals surface area contributed by atoms with Gasteiger partial charge in [-0.25, -0.2) is 0 Å². The Morgan fingerprint density at radius 3 is 2.64 bits per heavy atom. The number of carboxylic acid groups (broad SMARTS) is 1. The summed E-state index contributed by atoms with van der Waals surface area (Å²) in [7, 11) is 0. The Hall–Kier alpha value is -1.21. The van der Waals surface area contributed by atoms with Crippen molar-refractivity contribution in [3.63, 3.8) is 0 Å². The van der Waals surface area contributed by atoms with Gasteiger partial charge >= 0.3 is 5.97 Å². The Labute approximate surface area is 168 Å². The highest BCUT2D eigenvalue weighted by Gasteiger charge is 2.39. The molecule has 1 saturated carbocycles. The van der Waals surface area contributed by atoms with Gasteiger partial charge in [0.05, 0.1) is 24.9 Å². The molecule has 1 fully saturated rings. The number of rotatable bonds is 15. The molecule has 6 heteroatoms. The first-order chi connectivity index (χ1) is 13.5. The molecule has 0 aromatic carbocycles. The summed E-state index contributed by atoms with van der Waals surface area (Å²) in [5, 5.41) is 39.1. The van der Waals surface area contributed by atoms with Gasteiger partial charge in [0.2, 0.25) is 0 Å². The number of unbranched alkanes of at least 4 members (excludes halogenated alkanes) is 4. The van der Waals surface area contributed by atoms with E-state index in [0.29, 0.717) is 32.3 Å². The molecule has 0 heterocycles. The van der Waals surface area contributed by atoms with E-state index < -0.39 is 24.3 Å². The van der Waals surface area contributed by atoms with Crippen molar-refractivity contribution in [3.8, 4) is 0 Å². The second-order valence-corrected chi connectivity index (χ2v) is 7.69. The van der Waals surface area contributed by atoms with Crippen LogP contribution in [0.15, 0.2) is 24.3 Å². The molecule has 0 radical (unpaired) electrons. The fourth-order valence-electron chi connectivity index (χ4n) is 3.60. The summed E-state index contributed by atoms with van der Waals surface area (Å²) < 4.78 is 5.49. The summed E-state index contributed by atoms with van der Waals surface area (Å²) in [5.41, 5.74) is 0. The molecule has 0 bridgehead atoms. The van der Waals surface area contributed by atoms with E-state index in [-0.39, 0.29) is 24.9 Å². The zero-order chi connectivity index (χ0) is 20.8. The zero-order valence-electron chi connectivity index (χ0n) is 17.1. The van der Waals surface area contributed by atoms with Crippen LogP contribution in [0.5, 0.6) is 0 Å². The van der Waals surface area contributed by atoms with Crippen LogP contribution in [0, 0.1) is 11.8 Å². The Kier molecular flexibility index (Phi) is 13.1. The fourth-order valence-corrected chi connectivity index (χ4v) is 3.60. The number of hydrogen-bond acceptors (Lipinski definition) is 5. The molecule has 0 saturated heterocycles. The Bertz CT molecular complexity index is 476. The SMILES string of the molecule is CCCCCCOC[C@H](O)/C=C/[C@H]1C(O)CC(O)C1C/C=C\CCCC(=O)O. The Balaban J connectivity index is 2.37. The summed E-state index contributed by atoms with van der Waals surface area (Å²) in [6.07, 6.45) is 12.3. The van der Waals surface area contributed by atoms with Crippen LogP contribution in [-0.2, 0) is 9.53 Å². The second-order valence-electron chi connectivity index (χ2n) is 7.69. The van der Waals surface area contributed by atoms with E-state index in [2.05, 4.69) is 6.92 Å². The summed E-state index contributed by atoms with van der Waals surface area (Å²) in [4.78, 5) is 10.5. The van der Waals surface area contributed by atoms with Gasteiger partial charge in [0.25, 0.3) is 0 Å². The minimum Gasteiger partial charge on any atom is -0.481 e. The van der Waals surface area contributed by atoms with Gasteiger partial charge < -0.3 is 25.2 Å². The average molecular weight is 399 g/mol. The molecule has 5 atom stereocenters. The molecule has 6 nitrogen and oxygen atoms in total. The van der Waals surface area contributed by atoms with Crippen LogP contribution in [0.2, 0.25) is 0 Å². The molecule has 0 aliphatic heterocycles. The molecule has 0 aromatic rings. The first-order valence-electron chi connectivity index (χ1n) is 10.6. The molecule has 1 rings (SSSR count). The van der Waals surface area contributed by atoms with Gasteiger partial charge in [-0.2, -0.15) is 0 Å². The summed E-state index contributed by atoms with van der Waals surface area (Å²) in [5.74, 6) is -1.11. The second kappa shape index (κ2) is 14.7. The van der Waals surface area contributed by atoms with Gasteiger partial charge in [0.15, 0.2) is 0 Å². The molecule has 1 aliphatic rings. The molecular weight excluding hydrogens is 360 g/mol. The number of carboxylic acids is 1. The lowest BCUT2D eigenvalue weighted by Gasteiger charge is -2.19. The maximum atomic E-state index is 10.5. The van der Waals surface area contributed by atoms with Crippen molar-refractivity contribution in [2.75, 3.05) is 13.2 Å². The Morgan fingerprint density at radius 2 is 1.93 bits per heavy atom. The number of aliphatic carboxylic acids is 1. The standard InChI is InChI=1S/C22H38O6/c1-2-3-4-9-14-28-16-17(23)12-13-19-18(20(24)15-21(19)25)10-7-5-6-8-11-22(26)27/h5,7,12-13,17-21,23-25H,2-4,6,8-11,14-16H2,1H3,(H,26,27)/b7-5-,13-12+/t17-,18?,19-,20?,21?/m1/s1. The van der Waals surface area contributed by atoms with Crippen molar-refractivity contribution in [3.05, 3.63) is 24.3 Å². The van der Waals surface area contributed by atoms with Gasteiger partial charge in [0.1, 0.15) is 0 Å². The normalized spacial score (nSPS) is 26.4. The van der Waals surface area contributed by atoms with Crippen LogP contribution < -0.4 is 0 Å². The van der Waals surface area contributed by atoms with E-state index >= 15 is 0 Å². The lowest BCUT2D eigenvalue weighted by molar-refractivity contribution is -0.137. The number of aliphatic hydroxyl groups is 3. The topological polar surface area (TPSA) is 107 Å². The van der Waals surface area contributed by atoms with E-state index in [1.165, 1.54) is 12.8 Å². The van der Waals surface area contributed by atoms with Crippen LogP contribution in [0.1, 0.15) is 64.7 Å². The largest absolute Gasteiger partial charge is 0.481 e. The predicted molar refractivity (Wildman–Crippen MR) is 109 cm³/mol. The van der Waals surface area contributed by atoms with Gasteiger partial charge in [-0.15, -0.1) is 0 Å². The van der Waals surface area contributed by atoms with E-state index in [1.807, 2.05) is 12.2 Å². The van der Waals surface area contributed by atoms with Crippen LogP contribution in [0.3, 0.4) is 0 Å². The van der Waals surface area contributed by atoms with E-state index in [1.54, 1.807) is 12.2 Å². The lowest BCUT2D eigenvalue weighted by Crippen LogP contribution is -2.21. The van der Waals surface area contributed by atoms with Gasteiger partial charge in [0, 0.05) is 25.4 Å². The monoisotopic (exact) mass is 398 g/mol. The first kappa shape index (κ1) is 24.8. The van der Waals surface area contributed by atoms with Gasteiger partial charge in [-0.05, 0) is 31.6 Å². The van der Waals surface area contributed by atoms with Crippen molar-refractivity contribution in [2.24, 2.45) is 11.8 Å². The zero-order valence-corrected chi connectivity index (χ0v) is 17.1. The third kappa shape index (κ3) is 10.4. The fraction of sp³-hybridized carbons (Fsp3) is 0.773. The van der Waals surface area contributed by atoms with E-state index in [4.69, 9.17) is 9.84 Å². The molecule has 162 valence electrons. The molecular formula is C22H38O6. The van der Waals surface area contributed by atoms with Crippen LogP contribution in [-0.4, -0.2) is 57.9 Å². The first-order valence-corrected chi connectivity index (χ1v) is 10.6. The minimum absolute atomic E-state index is 0.107. The quantitative estimate of drug-likeness (QED) is 0.249. The molecule has 3 unspecified atom stereocenters. The van der Waals surface area contributed by atoms with Crippen LogP contribution in [0.4, 0.5) is 0 Å². The van der Waals surface area contributed by atoms with E-state index in [9.17, 15) is 20.1 Å². The highest BCUT2D eigenvalue weighted by Crippen LogP contribution is 2.36.